The van der Waals surface area contributed by atoms with Crippen molar-refractivity contribution in [2.24, 2.45) is 11.7 Å². The van der Waals surface area contributed by atoms with Gasteiger partial charge in [0.15, 0.2) is 0 Å². The van der Waals surface area contributed by atoms with Crippen LogP contribution in [0.2, 0.25) is 0 Å². The molecule has 0 saturated carbocycles. The fourth-order valence-corrected chi connectivity index (χ4v) is 2.92. The summed E-state index contributed by atoms with van der Waals surface area (Å²) in [5.74, 6) is 0.189. The van der Waals surface area contributed by atoms with E-state index in [0.29, 0.717) is 6.54 Å². The molecule has 1 aliphatic rings. The van der Waals surface area contributed by atoms with Crippen molar-refractivity contribution in [1.82, 2.24) is 4.90 Å². The van der Waals surface area contributed by atoms with E-state index in [0.717, 1.165) is 24.3 Å². The number of piperidine rings is 1. The molecule has 1 fully saturated rings. The molecule has 2 heterocycles. The van der Waals surface area contributed by atoms with E-state index in [1.165, 1.54) is 11.3 Å². The molecule has 1 aliphatic heterocycles. The Morgan fingerprint density at radius 2 is 2.53 bits per heavy atom. The third-order valence-electron chi connectivity index (χ3n) is 3.20. The molecule has 2 unspecified atom stereocenters. The zero-order chi connectivity index (χ0) is 12.3. The Morgan fingerprint density at radius 3 is 3.18 bits per heavy atom. The second-order valence-electron chi connectivity index (χ2n) is 4.47. The zero-order valence-corrected chi connectivity index (χ0v) is 10.5. The van der Waals surface area contributed by atoms with Crippen molar-refractivity contribution in [2.45, 2.75) is 18.9 Å². The van der Waals surface area contributed by atoms with Gasteiger partial charge in [0.2, 0.25) is 5.91 Å². The van der Waals surface area contributed by atoms with E-state index < -0.39 is 6.04 Å². The monoisotopic (exact) mass is 254 g/mol. The number of aliphatic hydroxyl groups excluding tert-OH is 1. The van der Waals surface area contributed by atoms with Gasteiger partial charge in [0.25, 0.3) is 0 Å². The first kappa shape index (κ1) is 12.5. The maximum Gasteiger partial charge on any atom is 0.244 e. The molecule has 0 aliphatic carbocycles. The highest BCUT2D eigenvalue weighted by Gasteiger charge is 2.27. The van der Waals surface area contributed by atoms with Crippen LogP contribution in [0.25, 0.3) is 0 Å². The lowest BCUT2D eigenvalue weighted by Gasteiger charge is -2.33. The minimum absolute atomic E-state index is 0.0226. The lowest BCUT2D eigenvalue weighted by Crippen LogP contribution is -2.44. The maximum absolute atomic E-state index is 12.2. The number of aliphatic hydroxyl groups is 1. The van der Waals surface area contributed by atoms with Gasteiger partial charge in [0.05, 0.1) is 0 Å². The number of hydrogen-bond donors (Lipinski definition) is 2. The molecule has 0 aromatic carbocycles. The van der Waals surface area contributed by atoms with Crippen LogP contribution >= 0.6 is 11.3 Å². The van der Waals surface area contributed by atoms with Gasteiger partial charge in [-0.05, 0) is 30.2 Å². The summed E-state index contributed by atoms with van der Waals surface area (Å²) in [4.78, 5) is 14.9. The van der Waals surface area contributed by atoms with Crippen LogP contribution in [0.4, 0.5) is 0 Å². The van der Waals surface area contributed by atoms with Crippen molar-refractivity contribution in [3.8, 4) is 0 Å². The van der Waals surface area contributed by atoms with Gasteiger partial charge >= 0.3 is 0 Å². The predicted octanol–water partition coefficient (Wildman–Crippen LogP) is 0.979. The first-order valence-corrected chi connectivity index (χ1v) is 6.79. The fourth-order valence-electron chi connectivity index (χ4n) is 2.20. The normalized spacial score (nSPS) is 22.5. The van der Waals surface area contributed by atoms with E-state index in [-0.39, 0.29) is 18.4 Å². The van der Waals surface area contributed by atoms with Crippen LogP contribution in [-0.2, 0) is 4.79 Å². The largest absolute Gasteiger partial charge is 0.396 e. The number of carbonyl (C=O) groups excluding carboxylic acids is 1. The molecular weight excluding hydrogens is 236 g/mol. The lowest BCUT2D eigenvalue weighted by atomic mass is 9.98. The van der Waals surface area contributed by atoms with Gasteiger partial charge in [-0.2, -0.15) is 0 Å². The molecule has 1 aromatic heterocycles. The highest BCUT2D eigenvalue weighted by atomic mass is 32.1. The quantitative estimate of drug-likeness (QED) is 0.845. The molecule has 1 amide bonds. The van der Waals surface area contributed by atoms with Gasteiger partial charge in [0.1, 0.15) is 6.04 Å². The van der Waals surface area contributed by atoms with E-state index in [1.54, 1.807) is 4.90 Å². The molecule has 2 rings (SSSR count). The van der Waals surface area contributed by atoms with Crippen LogP contribution in [0.3, 0.4) is 0 Å². The van der Waals surface area contributed by atoms with Gasteiger partial charge in [-0.3, -0.25) is 4.79 Å². The third kappa shape index (κ3) is 2.86. The Bertz CT molecular complexity index is 367. The summed E-state index contributed by atoms with van der Waals surface area (Å²) in [6, 6.07) is 3.24. The van der Waals surface area contributed by atoms with Crippen LogP contribution in [0.5, 0.6) is 0 Å². The Kier molecular flexibility index (Phi) is 4.15. The average molecular weight is 254 g/mol. The second kappa shape index (κ2) is 5.62. The number of amides is 1. The first-order valence-electron chi connectivity index (χ1n) is 5.91. The summed E-state index contributed by atoms with van der Waals surface area (Å²) < 4.78 is 0. The average Bonchev–Trinajstić information content (AvgIpc) is 2.91. The number of nitrogens with zero attached hydrogens (tertiary/aromatic N) is 1. The molecule has 94 valence electrons. The van der Waals surface area contributed by atoms with Crippen molar-refractivity contribution < 1.29 is 9.90 Å². The van der Waals surface area contributed by atoms with Crippen LogP contribution in [0, 0.1) is 5.92 Å². The molecule has 0 radical (unpaired) electrons. The van der Waals surface area contributed by atoms with Gasteiger partial charge in [-0.15, -0.1) is 11.3 Å². The number of likely N-dealkylation sites (tertiary alicyclic amines) is 1. The van der Waals surface area contributed by atoms with Crippen molar-refractivity contribution in [1.29, 1.82) is 0 Å². The van der Waals surface area contributed by atoms with Crippen LogP contribution in [0.1, 0.15) is 23.8 Å². The van der Waals surface area contributed by atoms with E-state index in [9.17, 15) is 4.79 Å². The minimum Gasteiger partial charge on any atom is -0.396 e. The summed E-state index contributed by atoms with van der Waals surface area (Å²) in [5.41, 5.74) is 5.96. The summed E-state index contributed by atoms with van der Waals surface area (Å²) >= 11 is 1.51. The number of nitrogens with two attached hydrogens (primary N) is 1. The van der Waals surface area contributed by atoms with Gasteiger partial charge < -0.3 is 15.7 Å². The van der Waals surface area contributed by atoms with Crippen LogP contribution < -0.4 is 5.73 Å². The molecular formula is C12H18N2O2S. The number of carbonyl (C=O) groups is 1. The minimum atomic E-state index is -0.549. The van der Waals surface area contributed by atoms with Crippen molar-refractivity contribution in [2.75, 3.05) is 19.7 Å². The first-order chi connectivity index (χ1) is 8.22. The summed E-state index contributed by atoms with van der Waals surface area (Å²) in [6.45, 7) is 1.54. The Morgan fingerprint density at radius 1 is 1.71 bits per heavy atom. The smallest absolute Gasteiger partial charge is 0.244 e. The molecule has 17 heavy (non-hydrogen) atoms. The predicted molar refractivity (Wildman–Crippen MR) is 67.6 cm³/mol. The van der Waals surface area contributed by atoms with E-state index in [1.807, 2.05) is 17.5 Å². The zero-order valence-electron chi connectivity index (χ0n) is 9.71. The van der Waals surface area contributed by atoms with E-state index in [2.05, 4.69) is 0 Å². The van der Waals surface area contributed by atoms with Crippen LogP contribution in [-0.4, -0.2) is 35.6 Å². The highest BCUT2D eigenvalue weighted by molar-refractivity contribution is 7.10. The lowest BCUT2D eigenvalue weighted by molar-refractivity contribution is -0.134. The molecule has 2 atom stereocenters. The highest BCUT2D eigenvalue weighted by Crippen LogP contribution is 2.22. The Balaban J connectivity index is 1.99. The van der Waals surface area contributed by atoms with Crippen molar-refractivity contribution in [3.05, 3.63) is 22.4 Å². The number of thiophene rings is 1. The van der Waals surface area contributed by atoms with E-state index in [4.69, 9.17) is 10.8 Å². The topological polar surface area (TPSA) is 66.6 Å². The van der Waals surface area contributed by atoms with Crippen LogP contribution in [0.15, 0.2) is 17.5 Å². The van der Waals surface area contributed by atoms with Gasteiger partial charge in [0, 0.05) is 24.6 Å². The standard InChI is InChI=1S/C12H18N2O2S/c13-11(10-4-2-6-17-10)12(16)14-5-1-3-9(7-14)8-15/h2,4,6,9,11,15H,1,3,5,7-8,13H2. The SMILES string of the molecule is NC(C(=O)N1CCCC(CO)C1)c1cccs1. The summed E-state index contributed by atoms with van der Waals surface area (Å²) in [5, 5.41) is 11.1. The molecule has 3 N–H and O–H groups in total. The molecule has 5 heteroatoms. The molecule has 1 aromatic rings. The van der Waals surface area contributed by atoms with Crippen molar-refractivity contribution in [3.63, 3.8) is 0 Å². The van der Waals surface area contributed by atoms with E-state index >= 15 is 0 Å². The summed E-state index contributed by atoms with van der Waals surface area (Å²) in [6.07, 6.45) is 1.95. The van der Waals surface area contributed by atoms with Gasteiger partial charge in [-0.1, -0.05) is 6.07 Å². The molecule has 4 nitrogen and oxygen atoms in total. The Hall–Kier alpha value is -0.910. The third-order valence-corrected chi connectivity index (χ3v) is 4.16. The van der Waals surface area contributed by atoms with Crippen molar-refractivity contribution >= 4 is 17.2 Å². The second-order valence-corrected chi connectivity index (χ2v) is 5.45. The summed E-state index contributed by atoms with van der Waals surface area (Å²) in [7, 11) is 0. The maximum atomic E-state index is 12.2. The molecule has 1 saturated heterocycles. The number of rotatable bonds is 3. The number of hydrogen-bond acceptors (Lipinski definition) is 4. The fraction of sp³-hybridized carbons (Fsp3) is 0.583. The molecule has 0 bridgehead atoms. The molecule has 0 spiro atoms. The van der Waals surface area contributed by atoms with Gasteiger partial charge in [-0.25, -0.2) is 0 Å². The Labute approximate surface area is 105 Å².